The Morgan fingerprint density at radius 2 is 1.96 bits per heavy atom. The van der Waals surface area contributed by atoms with Crippen molar-refractivity contribution in [2.75, 3.05) is 16.4 Å². The van der Waals surface area contributed by atoms with Crippen molar-refractivity contribution in [3.05, 3.63) is 64.2 Å². The zero-order valence-corrected chi connectivity index (χ0v) is 17.6. The molecular formula is C20H21ClN2O2S2. The number of thioether (sulfide) groups is 1. The fraction of sp³-hybridized carbons (Fsp3) is 0.350. The minimum atomic E-state index is -3.05. The third-order valence-electron chi connectivity index (χ3n) is 5.13. The van der Waals surface area contributed by atoms with Crippen LogP contribution >= 0.6 is 23.4 Å². The van der Waals surface area contributed by atoms with Crippen LogP contribution in [0.1, 0.15) is 16.7 Å². The van der Waals surface area contributed by atoms with Crippen LogP contribution in [0.15, 0.2) is 47.5 Å². The first-order valence-electron chi connectivity index (χ1n) is 8.84. The highest BCUT2D eigenvalue weighted by Gasteiger charge is 2.47. The molecule has 1 fully saturated rings. The number of aliphatic imine (C=N–C) groups is 1. The van der Waals surface area contributed by atoms with E-state index in [4.69, 9.17) is 16.6 Å². The van der Waals surface area contributed by atoms with Crippen molar-refractivity contribution in [1.29, 1.82) is 0 Å². The lowest BCUT2D eigenvalue weighted by atomic mass is 10.1. The highest BCUT2D eigenvalue weighted by atomic mass is 35.5. The Kier molecular flexibility index (Phi) is 4.99. The van der Waals surface area contributed by atoms with Gasteiger partial charge in [0.2, 0.25) is 0 Å². The van der Waals surface area contributed by atoms with Gasteiger partial charge in [0.25, 0.3) is 0 Å². The van der Waals surface area contributed by atoms with E-state index in [0.29, 0.717) is 5.02 Å². The van der Waals surface area contributed by atoms with Crippen LogP contribution in [0.3, 0.4) is 0 Å². The molecular weight excluding hydrogens is 400 g/mol. The second-order valence-corrected chi connectivity index (χ2v) is 10.7. The highest BCUT2D eigenvalue weighted by molar-refractivity contribution is 8.13. The van der Waals surface area contributed by atoms with Gasteiger partial charge >= 0.3 is 0 Å². The molecule has 4 nitrogen and oxygen atoms in total. The predicted octanol–water partition coefficient (Wildman–Crippen LogP) is 4.23. The smallest absolute Gasteiger partial charge is 0.164 e. The lowest BCUT2D eigenvalue weighted by Gasteiger charge is -2.26. The molecule has 1 saturated heterocycles. The maximum absolute atomic E-state index is 12.1. The Hall–Kier alpha value is -1.50. The Bertz CT molecular complexity index is 1020. The number of rotatable bonds is 3. The average Bonchev–Trinajstić information content (AvgIpc) is 3.07. The molecule has 0 spiro atoms. The first kappa shape index (κ1) is 18.8. The summed E-state index contributed by atoms with van der Waals surface area (Å²) in [6, 6.07) is 13.7. The molecule has 0 radical (unpaired) electrons. The Morgan fingerprint density at radius 1 is 1.15 bits per heavy atom. The molecule has 2 heterocycles. The minimum Gasteiger partial charge on any atom is -0.315 e. The van der Waals surface area contributed by atoms with Crippen molar-refractivity contribution >= 4 is 44.1 Å². The summed E-state index contributed by atoms with van der Waals surface area (Å²) >= 11 is 7.84. The molecule has 2 atom stereocenters. The van der Waals surface area contributed by atoms with Crippen LogP contribution in [0.25, 0.3) is 0 Å². The first-order chi connectivity index (χ1) is 12.8. The van der Waals surface area contributed by atoms with E-state index in [9.17, 15) is 8.42 Å². The maximum Gasteiger partial charge on any atom is 0.164 e. The molecule has 142 valence electrons. The number of aryl methyl sites for hydroxylation is 2. The SMILES string of the molecule is Cc1ccc(CSC2=N[C@H]3CS(=O)(=O)C[C@@H]3N2c2cccc(Cl)c2)cc1C. The van der Waals surface area contributed by atoms with E-state index in [1.807, 2.05) is 24.3 Å². The molecule has 2 aromatic rings. The van der Waals surface area contributed by atoms with E-state index < -0.39 is 9.84 Å². The van der Waals surface area contributed by atoms with E-state index in [-0.39, 0.29) is 23.6 Å². The molecule has 0 unspecified atom stereocenters. The van der Waals surface area contributed by atoms with Crippen LogP contribution in [-0.4, -0.2) is 37.2 Å². The molecule has 2 aliphatic rings. The average molecular weight is 421 g/mol. The molecule has 0 aromatic heterocycles. The molecule has 2 aromatic carbocycles. The topological polar surface area (TPSA) is 49.7 Å². The summed E-state index contributed by atoms with van der Waals surface area (Å²) in [7, 11) is -3.05. The van der Waals surface area contributed by atoms with Crippen molar-refractivity contribution in [2.24, 2.45) is 4.99 Å². The number of fused-ring (bicyclic) bond motifs is 1. The lowest BCUT2D eigenvalue weighted by Crippen LogP contribution is -2.39. The van der Waals surface area contributed by atoms with Gasteiger partial charge in [-0.25, -0.2) is 8.42 Å². The van der Waals surface area contributed by atoms with Gasteiger partial charge in [0.15, 0.2) is 15.0 Å². The zero-order valence-electron chi connectivity index (χ0n) is 15.2. The summed E-state index contributed by atoms with van der Waals surface area (Å²) in [5.41, 5.74) is 4.69. The Balaban J connectivity index is 1.62. The van der Waals surface area contributed by atoms with Gasteiger partial charge in [0.1, 0.15) is 0 Å². The van der Waals surface area contributed by atoms with Crippen LogP contribution < -0.4 is 4.90 Å². The molecule has 0 saturated carbocycles. The second kappa shape index (κ2) is 7.15. The summed E-state index contributed by atoms with van der Waals surface area (Å²) in [5.74, 6) is 1.06. The largest absolute Gasteiger partial charge is 0.315 e. The van der Waals surface area contributed by atoms with Gasteiger partial charge in [-0.15, -0.1) is 0 Å². The summed E-state index contributed by atoms with van der Waals surface area (Å²) in [6.45, 7) is 4.22. The van der Waals surface area contributed by atoms with E-state index in [1.54, 1.807) is 11.8 Å². The van der Waals surface area contributed by atoms with Gasteiger partial charge in [-0.05, 0) is 48.7 Å². The van der Waals surface area contributed by atoms with Crippen molar-refractivity contribution in [2.45, 2.75) is 31.7 Å². The second-order valence-electron chi connectivity index (χ2n) is 7.18. The fourth-order valence-electron chi connectivity index (χ4n) is 3.60. The summed E-state index contributed by atoms with van der Waals surface area (Å²) < 4.78 is 24.2. The molecule has 7 heteroatoms. The number of halogens is 1. The highest BCUT2D eigenvalue weighted by Crippen LogP contribution is 2.36. The van der Waals surface area contributed by atoms with E-state index >= 15 is 0 Å². The van der Waals surface area contributed by atoms with Gasteiger partial charge in [-0.1, -0.05) is 47.6 Å². The van der Waals surface area contributed by atoms with Crippen LogP contribution in [0.2, 0.25) is 5.02 Å². The third kappa shape index (κ3) is 3.89. The first-order valence-corrected chi connectivity index (χ1v) is 12.0. The van der Waals surface area contributed by atoms with Gasteiger partial charge in [-0.3, -0.25) is 4.99 Å². The molecule has 0 N–H and O–H groups in total. The Morgan fingerprint density at radius 3 is 2.70 bits per heavy atom. The van der Waals surface area contributed by atoms with Gasteiger partial charge in [0.05, 0.1) is 23.6 Å². The van der Waals surface area contributed by atoms with Crippen molar-refractivity contribution in [1.82, 2.24) is 0 Å². The molecule has 4 rings (SSSR count). The number of nitrogens with zero attached hydrogens (tertiary/aromatic N) is 2. The number of anilines is 1. The summed E-state index contributed by atoms with van der Waals surface area (Å²) in [6.07, 6.45) is 0. The number of hydrogen-bond acceptors (Lipinski definition) is 5. The van der Waals surface area contributed by atoms with Crippen LogP contribution in [-0.2, 0) is 15.6 Å². The van der Waals surface area contributed by atoms with Gasteiger partial charge in [0, 0.05) is 16.5 Å². The number of amidine groups is 1. The molecule has 0 bridgehead atoms. The number of benzene rings is 2. The minimum absolute atomic E-state index is 0.127. The molecule has 27 heavy (non-hydrogen) atoms. The Labute approximate surface area is 169 Å². The monoisotopic (exact) mass is 420 g/mol. The van der Waals surface area contributed by atoms with E-state index in [1.165, 1.54) is 16.7 Å². The predicted molar refractivity (Wildman–Crippen MR) is 115 cm³/mol. The third-order valence-corrected chi connectivity index (χ3v) is 8.11. The van der Waals surface area contributed by atoms with Crippen LogP contribution in [0.5, 0.6) is 0 Å². The van der Waals surface area contributed by atoms with Crippen molar-refractivity contribution in [3.8, 4) is 0 Å². The van der Waals surface area contributed by atoms with E-state index in [0.717, 1.165) is 16.6 Å². The van der Waals surface area contributed by atoms with Crippen LogP contribution in [0.4, 0.5) is 5.69 Å². The quantitative estimate of drug-likeness (QED) is 0.745. The molecule has 0 amide bonds. The van der Waals surface area contributed by atoms with Gasteiger partial charge in [-0.2, -0.15) is 0 Å². The normalized spacial score (nSPS) is 23.4. The maximum atomic E-state index is 12.1. The number of hydrogen-bond donors (Lipinski definition) is 0. The standard InChI is InChI=1S/C20H21ClN2O2S2/c1-13-6-7-15(8-14(13)2)10-26-20-22-18-11-27(24,25)12-19(18)23(20)17-5-3-4-16(21)9-17/h3-9,18-19H,10-12H2,1-2H3/t18-,19-/m0/s1. The fourth-order valence-corrected chi connectivity index (χ4v) is 6.70. The number of sulfone groups is 1. The lowest BCUT2D eigenvalue weighted by molar-refractivity contribution is 0.601. The van der Waals surface area contributed by atoms with Crippen molar-refractivity contribution in [3.63, 3.8) is 0 Å². The molecule has 0 aliphatic carbocycles. The molecule has 2 aliphatic heterocycles. The zero-order chi connectivity index (χ0) is 19.2. The van der Waals surface area contributed by atoms with Gasteiger partial charge < -0.3 is 4.90 Å². The van der Waals surface area contributed by atoms with Crippen molar-refractivity contribution < 1.29 is 8.42 Å². The van der Waals surface area contributed by atoms with Crippen LogP contribution in [0, 0.1) is 13.8 Å². The van der Waals surface area contributed by atoms with E-state index in [2.05, 4.69) is 36.9 Å². The summed E-state index contributed by atoms with van der Waals surface area (Å²) in [5, 5.41) is 1.51. The summed E-state index contributed by atoms with van der Waals surface area (Å²) in [4.78, 5) is 6.83.